The van der Waals surface area contributed by atoms with Gasteiger partial charge in [-0.3, -0.25) is 4.90 Å². The Morgan fingerprint density at radius 3 is 2.03 bits per heavy atom. The van der Waals surface area contributed by atoms with Crippen LogP contribution in [0.5, 0.6) is 0 Å². The maximum Gasteiger partial charge on any atom is 0.245 e. The van der Waals surface area contributed by atoms with Gasteiger partial charge in [-0.05, 0) is 23.2 Å². The lowest BCUT2D eigenvalue weighted by Gasteiger charge is -2.36. The minimum atomic E-state index is 0.481. The quantitative estimate of drug-likeness (QED) is 0.648. The summed E-state index contributed by atoms with van der Waals surface area (Å²) >= 11 is 0. The zero-order chi connectivity index (χ0) is 19.6. The first-order chi connectivity index (χ1) is 14.3. The number of piperazine rings is 1. The molecule has 2 aliphatic rings. The van der Waals surface area contributed by atoms with Crippen molar-refractivity contribution in [2.45, 2.75) is 32.2 Å². The standard InChI is InChI=1S/C19H27N9O/c1-25-9-6-20-15(25)14-26-10-12-28(13-11-26)19-18(27-7-4-2-3-5-8-27)21-16-17(22-19)24-29-23-16/h6,9H,2-5,7-8,10-14H2,1H3. The molecule has 0 saturated carbocycles. The molecule has 0 atom stereocenters. The van der Waals surface area contributed by atoms with Crippen LogP contribution in [-0.2, 0) is 13.6 Å². The Balaban J connectivity index is 1.36. The van der Waals surface area contributed by atoms with E-state index in [0.29, 0.717) is 11.3 Å². The number of anilines is 2. The minimum absolute atomic E-state index is 0.481. The SMILES string of the molecule is Cn1ccnc1CN1CCN(c2nc3nonc3nc2N2CCCCCC2)CC1. The fourth-order valence-electron chi connectivity index (χ4n) is 4.19. The van der Waals surface area contributed by atoms with Crippen LogP contribution in [0.25, 0.3) is 11.3 Å². The molecule has 2 aliphatic heterocycles. The van der Waals surface area contributed by atoms with Crippen molar-refractivity contribution in [1.82, 2.24) is 34.7 Å². The van der Waals surface area contributed by atoms with Crippen LogP contribution < -0.4 is 9.80 Å². The van der Waals surface area contributed by atoms with Crippen LogP contribution in [0.1, 0.15) is 31.5 Å². The van der Waals surface area contributed by atoms with Gasteiger partial charge in [0.2, 0.25) is 11.3 Å². The van der Waals surface area contributed by atoms with Gasteiger partial charge in [0.05, 0.1) is 6.54 Å². The van der Waals surface area contributed by atoms with Crippen molar-refractivity contribution in [3.63, 3.8) is 0 Å². The number of aryl methyl sites for hydroxylation is 1. The van der Waals surface area contributed by atoms with Gasteiger partial charge in [0.15, 0.2) is 11.6 Å². The van der Waals surface area contributed by atoms with Crippen molar-refractivity contribution in [1.29, 1.82) is 0 Å². The van der Waals surface area contributed by atoms with Crippen molar-refractivity contribution >= 4 is 22.9 Å². The van der Waals surface area contributed by atoms with Gasteiger partial charge >= 0.3 is 0 Å². The topological polar surface area (TPSA) is 92.2 Å². The monoisotopic (exact) mass is 397 g/mol. The van der Waals surface area contributed by atoms with Crippen LogP contribution >= 0.6 is 0 Å². The normalized spacial score (nSPS) is 19.1. The molecule has 10 nitrogen and oxygen atoms in total. The molecule has 0 N–H and O–H groups in total. The summed E-state index contributed by atoms with van der Waals surface area (Å²) in [6.07, 6.45) is 8.78. The van der Waals surface area contributed by atoms with E-state index in [-0.39, 0.29) is 0 Å². The van der Waals surface area contributed by atoms with E-state index >= 15 is 0 Å². The molecule has 0 aromatic carbocycles. The Kier molecular flexibility index (Phi) is 5.01. The lowest BCUT2D eigenvalue weighted by molar-refractivity contribution is 0.241. The van der Waals surface area contributed by atoms with E-state index in [2.05, 4.69) is 34.6 Å². The zero-order valence-corrected chi connectivity index (χ0v) is 16.9. The third-order valence-corrected chi connectivity index (χ3v) is 5.94. The molecule has 154 valence electrons. The molecule has 5 rings (SSSR count). The summed E-state index contributed by atoms with van der Waals surface area (Å²) in [5, 5.41) is 7.85. The van der Waals surface area contributed by atoms with Crippen LogP contribution in [0.15, 0.2) is 17.0 Å². The van der Waals surface area contributed by atoms with Crippen LogP contribution in [0.3, 0.4) is 0 Å². The van der Waals surface area contributed by atoms with Gasteiger partial charge in [0.1, 0.15) is 5.82 Å². The molecule has 0 bridgehead atoms. The van der Waals surface area contributed by atoms with Crippen LogP contribution in [-0.4, -0.2) is 74.0 Å². The van der Waals surface area contributed by atoms with Gasteiger partial charge < -0.3 is 14.4 Å². The van der Waals surface area contributed by atoms with Gasteiger partial charge in [-0.1, -0.05) is 12.8 Å². The van der Waals surface area contributed by atoms with E-state index in [9.17, 15) is 0 Å². The molecule has 0 unspecified atom stereocenters. The highest BCUT2D eigenvalue weighted by Crippen LogP contribution is 2.30. The predicted molar refractivity (Wildman–Crippen MR) is 109 cm³/mol. The van der Waals surface area contributed by atoms with E-state index in [1.165, 1.54) is 25.7 Å². The van der Waals surface area contributed by atoms with Crippen molar-refractivity contribution in [2.75, 3.05) is 49.1 Å². The van der Waals surface area contributed by atoms with Crippen molar-refractivity contribution < 1.29 is 4.63 Å². The van der Waals surface area contributed by atoms with Crippen molar-refractivity contribution in [3.05, 3.63) is 18.2 Å². The third kappa shape index (κ3) is 3.76. The molecule has 2 saturated heterocycles. The highest BCUT2D eigenvalue weighted by molar-refractivity contribution is 5.74. The Morgan fingerprint density at radius 1 is 0.828 bits per heavy atom. The Bertz CT molecular complexity index is 952. The van der Waals surface area contributed by atoms with E-state index in [1.807, 2.05) is 19.4 Å². The van der Waals surface area contributed by atoms with E-state index in [1.54, 1.807) is 0 Å². The molecular formula is C19H27N9O. The molecule has 0 spiro atoms. The van der Waals surface area contributed by atoms with E-state index in [0.717, 1.165) is 63.3 Å². The lowest BCUT2D eigenvalue weighted by Crippen LogP contribution is -2.47. The molecular weight excluding hydrogens is 370 g/mol. The number of nitrogens with zero attached hydrogens (tertiary/aromatic N) is 9. The number of aromatic nitrogens is 6. The highest BCUT2D eigenvalue weighted by atomic mass is 16.6. The molecule has 29 heavy (non-hydrogen) atoms. The number of rotatable bonds is 4. The number of fused-ring (bicyclic) bond motifs is 1. The van der Waals surface area contributed by atoms with Crippen molar-refractivity contribution in [2.24, 2.45) is 7.05 Å². The number of hydrogen-bond acceptors (Lipinski definition) is 9. The van der Waals surface area contributed by atoms with E-state index < -0.39 is 0 Å². The molecule has 3 aromatic heterocycles. The van der Waals surface area contributed by atoms with Gasteiger partial charge in [-0.25, -0.2) is 19.6 Å². The van der Waals surface area contributed by atoms with Gasteiger partial charge in [0.25, 0.3) is 0 Å². The fourth-order valence-corrected chi connectivity index (χ4v) is 4.19. The van der Waals surface area contributed by atoms with Gasteiger partial charge in [0, 0.05) is 58.7 Å². The highest BCUT2D eigenvalue weighted by Gasteiger charge is 2.26. The fraction of sp³-hybridized carbons (Fsp3) is 0.632. The summed E-state index contributed by atoms with van der Waals surface area (Å²) in [7, 11) is 2.04. The molecule has 2 fully saturated rings. The first-order valence-electron chi connectivity index (χ1n) is 10.5. The van der Waals surface area contributed by atoms with E-state index in [4.69, 9.17) is 14.6 Å². The Morgan fingerprint density at radius 2 is 1.45 bits per heavy atom. The van der Waals surface area contributed by atoms with Gasteiger partial charge in [-0.2, -0.15) is 0 Å². The summed E-state index contributed by atoms with van der Waals surface area (Å²) in [5.41, 5.74) is 0.968. The van der Waals surface area contributed by atoms with Crippen LogP contribution in [0.2, 0.25) is 0 Å². The van der Waals surface area contributed by atoms with Crippen LogP contribution in [0.4, 0.5) is 11.6 Å². The zero-order valence-electron chi connectivity index (χ0n) is 16.9. The summed E-state index contributed by atoms with van der Waals surface area (Å²) in [6, 6.07) is 0. The second-order valence-electron chi connectivity index (χ2n) is 7.90. The van der Waals surface area contributed by atoms with Gasteiger partial charge in [-0.15, -0.1) is 0 Å². The second kappa shape index (κ2) is 7.94. The van der Waals surface area contributed by atoms with Crippen molar-refractivity contribution in [3.8, 4) is 0 Å². The molecule has 5 heterocycles. The summed E-state index contributed by atoms with van der Waals surface area (Å²) in [6.45, 7) is 6.61. The first kappa shape index (κ1) is 18.3. The maximum absolute atomic E-state index is 4.88. The molecule has 0 amide bonds. The number of imidazole rings is 1. The molecule has 0 radical (unpaired) electrons. The summed E-state index contributed by atoms with van der Waals surface area (Å²) < 4.78 is 6.97. The Hall–Kier alpha value is -2.75. The van der Waals surface area contributed by atoms with Crippen LogP contribution in [0, 0.1) is 0 Å². The lowest BCUT2D eigenvalue weighted by atomic mass is 10.2. The first-order valence-corrected chi connectivity index (χ1v) is 10.5. The largest absolute Gasteiger partial charge is 0.353 e. The minimum Gasteiger partial charge on any atom is -0.353 e. The molecule has 3 aromatic rings. The molecule has 0 aliphatic carbocycles. The maximum atomic E-state index is 4.88. The average molecular weight is 397 g/mol. The summed E-state index contributed by atoms with van der Waals surface area (Å²) in [4.78, 5) is 21.2. The number of hydrogen-bond donors (Lipinski definition) is 0. The third-order valence-electron chi connectivity index (χ3n) is 5.94. The average Bonchev–Trinajstić information content (AvgIpc) is 3.27. The summed E-state index contributed by atoms with van der Waals surface area (Å²) in [5.74, 6) is 2.93. The Labute approximate surface area is 169 Å². The predicted octanol–water partition coefficient (Wildman–Crippen LogP) is 1.45. The smallest absolute Gasteiger partial charge is 0.245 e. The second-order valence-corrected chi connectivity index (χ2v) is 7.90. The molecule has 10 heteroatoms.